The number of aliphatic carboxylic acids is 1. The first kappa shape index (κ1) is 15.8. The van der Waals surface area contributed by atoms with Gasteiger partial charge in [-0.1, -0.05) is 6.92 Å². The van der Waals surface area contributed by atoms with E-state index in [9.17, 15) is 9.59 Å². The molecule has 0 aliphatic heterocycles. The van der Waals surface area contributed by atoms with Crippen molar-refractivity contribution in [2.24, 2.45) is 0 Å². The number of amides is 1. The maximum atomic E-state index is 12.3. The van der Waals surface area contributed by atoms with Crippen LogP contribution in [0, 0.1) is 0 Å². The molecule has 6 nitrogen and oxygen atoms in total. The van der Waals surface area contributed by atoms with E-state index in [0.717, 1.165) is 0 Å². The maximum Gasteiger partial charge on any atom is 0.326 e. The summed E-state index contributed by atoms with van der Waals surface area (Å²) in [6.07, 6.45) is 0.332. The smallest absolute Gasteiger partial charge is 0.326 e. The summed E-state index contributed by atoms with van der Waals surface area (Å²) < 4.78 is 10.2. The van der Waals surface area contributed by atoms with Gasteiger partial charge in [-0.3, -0.25) is 4.79 Å². The van der Waals surface area contributed by atoms with Crippen molar-refractivity contribution >= 4 is 11.9 Å². The maximum absolute atomic E-state index is 12.3. The second-order valence-corrected chi connectivity index (χ2v) is 4.28. The Kier molecular flexibility index (Phi) is 5.37. The molecule has 1 rings (SSSR count). The van der Waals surface area contributed by atoms with E-state index in [0.29, 0.717) is 23.5 Å². The second-order valence-electron chi connectivity index (χ2n) is 4.28. The first-order valence-electron chi connectivity index (χ1n) is 6.17. The Balaban J connectivity index is 3.10. The zero-order valence-electron chi connectivity index (χ0n) is 12.0. The number of carbonyl (C=O) groups excluding carboxylic acids is 1. The number of hydrogen-bond donors (Lipinski definition) is 1. The van der Waals surface area contributed by atoms with E-state index in [1.807, 2.05) is 0 Å². The zero-order valence-corrected chi connectivity index (χ0v) is 12.0. The quantitative estimate of drug-likeness (QED) is 0.857. The molecule has 20 heavy (non-hydrogen) atoms. The van der Waals surface area contributed by atoms with Gasteiger partial charge in [0.2, 0.25) is 0 Å². The number of methoxy groups -OCH3 is 2. The molecular formula is C14H19NO5. The van der Waals surface area contributed by atoms with Crippen molar-refractivity contribution < 1.29 is 24.2 Å². The van der Waals surface area contributed by atoms with Gasteiger partial charge in [0.25, 0.3) is 5.91 Å². The van der Waals surface area contributed by atoms with Crippen molar-refractivity contribution in [2.45, 2.75) is 19.4 Å². The highest BCUT2D eigenvalue weighted by atomic mass is 16.5. The molecule has 1 atom stereocenters. The standard InChI is InChI=1S/C14H19NO5/c1-5-12(14(17)18)15(2)13(16)9-6-10(19-3)8-11(7-9)20-4/h6-8,12H,5H2,1-4H3,(H,17,18). The Labute approximate surface area is 117 Å². The molecular weight excluding hydrogens is 262 g/mol. The summed E-state index contributed by atoms with van der Waals surface area (Å²) in [5.41, 5.74) is 0.323. The fourth-order valence-electron chi connectivity index (χ4n) is 1.89. The van der Waals surface area contributed by atoms with Crippen LogP contribution in [0.2, 0.25) is 0 Å². The van der Waals surface area contributed by atoms with Gasteiger partial charge in [-0.2, -0.15) is 0 Å². The number of carbonyl (C=O) groups is 2. The SMILES string of the molecule is CCC(C(=O)O)N(C)C(=O)c1cc(OC)cc(OC)c1. The molecule has 1 amide bonds. The first-order valence-corrected chi connectivity index (χ1v) is 6.17. The van der Waals surface area contributed by atoms with Crippen molar-refractivity contribution in [3.8, 4) is 11.5 Å². The predicted molar refractivity (Wildman–Crippen MR) is 73.4 cm³/mol. The third-order valence-corrected chi connectivity index (χ3v) is 3.06. The third kappa shape index (κ3) is 3.40. The molecule has 6 heteroatoms. The number of likely N-dealkylation sites (N-methyl/N-ethyl adjacent to an activating group) is 1. The summed E-state index contributed by atoms with van der Waals surface area (Å²) in [4.78, 5) is 24.7. The molecule has 0 aromatic heterocycles. The van der Waals surface area contributed by atoms with E-state index < -0.39 is 17.9 Å². The minimum Gasteiger partial charge on any atom is -0.497 e. The van der Waals surface area contributed by atoms with Crippen LogP contribution in [-0.4, -0.2) is 49.2 Å². The van der Waals surface area contributed by atoms with E-state index in [1.54, 1.807) is 25.1 Å². The molecule has 0 aliphatic carbocycles. The summed E-state index contributed by atoms with van der Waals surface area (Å²) in [7, 11) is 4.44. The van der Waals surface area contributed by atoms with Gasteiger partial charge in [-0.05, 0) is 18.6 Å². The lowest BCUT2D eigenvalue weighted by Crippen LogP contribution is -2.41. The lowest BCUT2D eigenvalue weighted by molar-refractivity contribution is -0.142. The Morgan fingerprint density at radius 2 is 1.70 bits per heavy atom. The van der Waals surface area contributed by atoms with Crippen molar-refractivity contribution in [3.05, 3.63) is 23.8 Å². The van der Waals surface area contributed by atoms with Gasteiger partial charge in [0, 0.05) is 18.7 Å². The number of ether oxygens (including phenoxy) is 2. The van der Waals surface area contributed by atoms with Gasteiger partial charge >= 0.3 is 5.97 Å². The van der Waals surface area contributed by atoms with Gasteiger partial charge in [-0.25, -0.2) is 4.79 Å². The summed E-state index contributed by atoms with van der Waals surface area (Å²) in [6.45, 7) is 1.72. The van der Waals surface area contributed by atoms with Crippen molar-refractivity contribution in [2.75, 3.05) is 21.3 Å². The molecule has 0 fully saturated rings. The molecule has 110 valence electrons. The Hall–Kier alpha value is -2.24. The normalized spacial score (nSPS) is 11.6. The minimum absolute atomic E-state index is 0.323. The molecule has 0 bridgehead atoms. The van der Waals surface area contributed by atoms with Gasteiger partial charge < -0.3 is 19.5 Å². The molecule has 1 N–H and O–H groups in total. The van der Waals surface area contributed by atoms with E-state index in [1.165, 1.54) is 26.2 Å². The molecule has 0 aliphatic rings. The average molecular weight is 281 g/mol. The molecule has 0 saturated heterocycles. The number of nitrogens with zero attached hydrogens (tertiary/aromatic N) is 1. The van der Waals surface area contributed by atoms with Crippen LogP contribution >= 0.6 is 0 Å². The molecule has 0 spiro atoms. The lowest BCUT2D eigenvalue weighted by atomic mass is 10.1. The van der Waals surface area contributed by atoms with Gasteiger partial charge in [0.15, 0.2) is 0 Å². The molecule has 0 heterocycles. The van der Waals surface area contributed by atoms with Crippen molar-refractivity contribution in [3.63, 3.8) is 0 Å². The monoisotopic (exact) mass is 281 g/mol. The van der Waals surface area contributed by atoms with Crippen LogP contribution in [0.1, 0.15) is 23.7 Å². The van der Waals surface area contributed by atoms with E-state index in [-0.39, 0.29) is 0 Å². The predicted octanol–water partition coefficient (Wildman–Crippen LogP) is 1.64. The van der Waals surface area contributed by atoms with Gasteiger partial charge in [-0.15, -0.1) is 0 Å². The second kappa shape index (κ2) is 6.79. The Morgan fingerprint density at radius 1 is 1.20 bits per heavy atom. The first-order chi connectivity index (χ1) is 9.44. The van der Waals surface area contributed by atoms with Crippen LogP contribution in [0.5, 0.6) is 11.5 Å². The minimum atomic E-state index is -1.03. The van der Waals surface area contributed by atoms with E-state index in [2.05, 4.69) is 0 Å². The number of carboxylic acids is 1. The number of benzene rings is 1. The number of hydrogen-bond acceptors (Lipinski definition) is 4. The average Bonchev–Trinajstić information content (AvgIpc) is 2.45. The summed E-state index contributed by atoms with van der Waals surface area (Å²) in [6, 6.07) is 3.89. The fourth-order valence-corrected chi connectivity index (χ4v) is 1.89. The molecule has 0 radical (unpaired) electrons. The van der Waals surface area contributed by atoms with Gasteiger partial charge in [0.05, 0.1) is 14.2 Å². The number of rotatable bonds is 6. The fraction of sp³-hybridized carbons (Fsp3) is 0.429. The van der Waals surface area contributed by atoms with Crippen LogP contribution in [0.25, 0.3) is 0 Å². The summed E-state index contributed by atoms with van der Waals surface area (Å²) in [5, 5.41) is 9.10. The van der Waals surface area contributed by atoms with Crippen LogP contribution in [-0.2, 0) is 4.79 Å². The van der Waals surface area contributed by atoms with Crippen LogP contribution in [0.3, 0.4) is 0 Å². The highest BCUT2D eigenvalue weighted by Gasteiger charge is 2.26. The molecule has 1 aromatic rings. The zero-order chi connectivity index (χ0) is 15.3. The highest BCUT2D eigenvalue weighted by molar-refractivity contribution is 5.97. The molecule has 0 saturated carbocycles. The van der Waals surface area contributed by atoms with Crippen LogP contribution < -0.4 is 9.47 Å². The molecule has 1 unspecified atom stereocenters. The van der Waals surface area contributed by atoms with Gasteiger partial charge in [0.1, 0.15) is 17.5 Å². The third-order valence-electron chi connectivity index (χ3n) is 3.06. The van der Waals surface area contributed by atoms with Crippen LogP contribution in [0.15, 0.2) is 18.2 Å². The van der Waals surface area contributed by atoms with Crippen LogP contribution in [0.4, 0.5) is 0 Å². The van der Waals surface area contributed by atoms with E-state index >= 15 is 0 Å². The van der Waals surface area contributed by atoms with E-state index in [4.69, 9.17) is 14.6 Å². The summed E-state index contributed by atoms with van der Waals surface area (Å²) in [5.74, 6) is -0.469. The van der Waals surface area contributed by atoms with Crippen molar-refractivity contribution in [1.29, 1.82) is 0 Å². The largest absolute Gasteiger partial charge is 0.497 e. The number of carboxylic acid groups (broad SMARTS) is 1. The molecule has 1 aromatic carbocycles. The summed E-state index contributed by atoms with van der Waals surface area (Å²) >= 11 is 0. The lowest BCUT2D eigenvalue weighted by Gasteiger charge is -2.24. The highest BCUT2D eigenvalue weighted by Crippen LogP contribution is 2.23. The Bertz CT molecular complexity index is 478. The Morgan fingerprint density at radius 3 is 2.05 bits per heavy atom. The topological polar surface area (TPSA) is 76.1 Å². The van der Waals surface area contributed by atoms with Crippen molar-refractivity contribution in [1.82, 2.24) is 4.90 Å².